The normalized spacial score (nSPS) is 11.0. The molecule has 0 bridgehead atoms. The van der Waals surface area contributed by atoms with Crippen LogP contribution in [0.25, 0.3) is 0 Å². The maximum Gasteiger partial charge on any atom is 0.255 e. The standard InChI is InChI=1S/C24H23IN2O2/c1-24(2,3)18-9-7-16(8-10-18)22(28)26-20-11-13-21(14-12-20)27-23(29)17-5-4-6-19(25)15-17/h4-15H,1-3H3,(H,26,28)(H,27,29). The minimum absolute atomic E-state index is 0.0489. The third-order valence-corrected chi connectivity index (χ3v) is 5.17. The number of nitrogens with one attached hydrogen (secondary N) is 2. The monoisotopic (exact) mass is 498 g/mol. The minimum atomic E-state index is -0.167. The van der Waals surface area contributed by atoms with Gasteiger partial charge >= 0.3 is 0 Å². The average molecular weight is 498 g/mol. The summed E-state index contributed by atoms with van der Waals surface area (Å²) in [5.41, 5.74) is 3.78. The van der Waals surface area contributed by atoms with Crippen LogP contribution in [0.5, 0.6) is 0 Å². The molecule has 0 heterocycles. The van der Waals surface area contributed by atoms with Crippen molar-refractivity contribution < 1.29 is 9.59 Å². The van der Waals surface area contributed by atoms with Gasteiger partial charge in [0.15, 0.2) is 0 Å². The van der Waals surface area contributed by atoms with Crippen LogP contribution >= 0.6 is 22.6 Å². The van der Waals surface area contributed by atoms with E-state index in [1.165, 1.54) is 5.56 Å². The van der Waals surface area contributed by atoms with E-state index < -0.39 is 0 Å². The first kappa shape index (κ1) is 21.0. The summed E-state index contributed by atoms with van der Waals surface area (Å²) >= 11 is 2.18. The lowest BCUT2D eigenvalue weighted by molar-refractivity contribution is 0.101. The Labute approximate surface area is 184 Å². The molecule has 3 rings (SSSR count). The molecule has 5 heteroatoms. The Kier molecular flexibility index (Phi) is 6.37. The third kappa shape index (κ3) is 5.67. The highest BCUT2D eigenvalue weighted by Gasteiger charge is 2.14. The maximum absolute atomic E-state index is 12.5. The summed E-state index contributed by atoms with van der Waals surface area (Å²) in [5.74, 6) is -0.333. The zero-order chi connectivity index (χ0) is 21.0. The Morgan fingerprint density at radius 2 is 1.24 bits per heavy atom. The second kappa shape index (κ2) is 8.78. The second-order valence-electron chi connectivity index (χ2n) is 7.82. The fraction of sp³-hybridized carbons (Fsp3) is 0.167. The van der Waals surface area contributed by atoms with E-state index in [-0.39, 0.29) is 17.2 Å². The van der Waals surface area contributed by atoms with E-state index in [4.69, 9.17) is 0 Å². The molecule has 0 aliphatic carbocycles. The van der Waals surface area contributed by atoms with Gasteiger partial charge in [0.05, 0.1) is 0 Å². The number of hydrogen-bond donors (Lipinski definition) is 2. The molecule has 0 unspecified atom stereocenters. The Balaban J connectivity index is 1.63. The molecule has 0 atom stereocenters. The highest BCUT2D eigenvalue weighted by molar-refractivity contribution is 14.1. The molecule has 2 N–H and O–H groups in total. The lowest BCUT2D eigenvalue weighted by Gasteiger charge is -2.19. The van der Waals surface area contributed by atoms with Crippen LogP contribution in [0.4, 0.5) is 11.4 Å². The van der Waals surface area contributed by atoms with Crippen molar-refractivity contribution in [3.05, 3.63) is 93.1 Å². The summed E-state index contributed by atoms with van der Waals surface area (Å²) in [6.45, 7) is 6.42. The Morgan fingerprint density at radius 3 is 1.72 bits per heavy atom. The van der Waals surface area contributed by atoms with Gasteiger partial charge in [0.2, 0.25) is 0 Å². The van der Waals surface area contributed by atoms with Crippen molar-refractivity contribution in [1.82, 2.24) is 0 Å². The van der Waals surface area contributed by atoms with Crippen LogP contribution in [0.15, 0.2) is 72.8 Å². The molecule has 2 amide bonds. The first-order valence-corrected chi connectivity index (χ1v) is 10.4. The van der Waals surface area contributed by atoms with Gasteiger partial charge in [-0.1, -0.05) is 39.0 Å². The number of hydrogen-bond acceptors (Lipinski definition) is 2. The molecule has 3 aromatic rings. The second-order valence-corrected chi connectivity index (χ2v) is 9.07. The van der Waals surface area contributed by atoms with E-state index in [1.807, 2.05) is 42.5 Å². The van der Waals surface area contributed by atoms with Gasteiger partial charge in [-0.05, 0) is 88.2 Å². The van der Waals surface area contributed by atoms with Crippen molar-refractivity contribution in [2.24, 2.45) is 0 Å². The predicted octanol–water partition coefficient (Wildman–Crippen LogP) is 6.09. The fourth-order valence-electron chi connectivity index (χ4n) is 2.79. The molecule has 0 aromatic heterocycles. The molecule has 29 heavy (non-hydrogen) atoms. The third-order valence-electron chi connectivity index (χ3n) is 4.50. The van der Waals surface area contributed by atoms with E-state index in [0.29, 0.717) is 22.5 Å². The summed E-state index contributed by atoms with van der Waals surface area (Å²) in [6, 6.07) is 22.1. The van der Waals surface area contributed by atoms with Crippen molar-refractivity contribution in [2.45, 2.75) is 26.2 Å². The molecule has 0 aliphatic heterocycles. The first-order chi connectivity index (χ1) is 13.7. The number of anilines is 2. The van der Waals surface area contributed by atoms with Gasteiger partial charge in [-0.15, -0.1) is 0 Å². The molecule has 3 aromatic carbocycles. The van der Waals surface area contributed by atoms with Crippen LogP contribution in [0.2, 0.25) is 0 Å². The molecule has 0 radical (unpaired) electrons. The van der Waals surface area contributed by atoms with Gasteiger partial charge in [-0.25, -0.2) is 0 Å². The fourth-order valence-corrected chi connectivity index (χ4v) is 3.34. The summed E-state index contributed by atoms with van der Waals surface area (Å²) in [6.07, 6.45) is 0. The highest BCUT2D eigenvalue weighted by Crippen LogP contribution is 2.23. The van der Waals surface area contributed by atoms with Crippen LogP contribution < -0.4 is 10.6 Å². The largest absolute Gasteiger partial charge is 0.322 e. The molecule has 0 saturated heterocycles. The van der Waals surface area contributed by atoms with Gasteiger partial charge in [0, 0.05) is 26.1 Å². The van der Waals surface area contributed by atoms with Crippen LogP contribution in [0, 0.1) is 3.57 Å². The molecule has 0 spiro atoms. The summed E-state index contributed by atoms with van der Waals surface area (Å²) in [4.78, 5) is 24.8. The number of benzene rings is 3. The number of halogens is 1. The molecular formula is C24H23IN2O2. The summed E-state index contributed by atoms with van der Waals surface area (Å²) in [5, 5.41) is 5.75. The smallest absolute Gasteiger partial charge is 0.255 e. The topological polar surface area (TPSA) is 58.2 Å². The van der Waals surface area contributed by atoms with Gasteiger partial charge in [0.1, 0.15) is 0 Å². The predicted molar refractivity (Wildman–Crippen MR) is 127 cm³/mol. The lowest BCUT2D eigenvalue weighted by atomic mass is 9.87. The zero-order valence-electron chi connectivity index (χ0n) is 16.6. The van der Waals surface area contributed by atoms with Gasteiger partial charge in [0.25, 0.3) is 11.8 Å². The van der Waals surface area contributed by atoms with Crippen LogP contribution in [-0.2, 0) is 5.41 Å². The minimum Gasteiger partial charge on any atom is -0.322 e. The Morgan fingerprint density at radius 1 is 0.724 bits per heavy atom. The van der Waals surface area contributed by atoms with Gasteiger partial charge in [-0.3, -0.25) is 9.59 Å². The quantitative estimate of drug-likeness (QED) is 0.428. The van der Waals surface area contributed by atoms with Crippen molar-refractivity contribution >= 4 is 45.8 Å². The Hall–Kier alpha value is -2.67. The van der Waals surface area contributed by atoms with Crippen LogP contribution in [-0.4, -0.2) is 11.8 Å². The van der Waals surface area contributed by atoms with E-state index in [2.05, 4.69) is 54.0 Å². The molecule has 4 nitrogen and oxygen atoms in total. The maximum atomic E-state index is 12.5. The first-order valence-electron chi connectivity index (χ1n) is 9.31. The number of amides is 2. The zero-order valence-corrected chi connectivity index (χ0v) is 18.8. The van der Waals surface area contributed by atoms with E-state index in [9.17, 15) is 9.59 Å². The summed E-state index contributed by atoms with van der Waals surface area (Å²) < 4.78 is 1.00. The average Bonchev–Trinajstić information content (AvgIpc) is 2.69. The lowest BCUT2D eigenvalue weighted by Crippen LogP contribution is -2.14. The van der Waals surface area contributed by atoms with Gasteiger partial charge < -0.3 is 10.6 Å². The molecule has 148 valence electrons. The number of carbonyl (C=O) groups is 2. The van der Waals surface area contributed by atoms with Crippen LogP contribution in [0.1, 0.15) is 47.1 Å². The van der Waals surface area contributed by atoms with E-state index in [0.717, 1.165) is 3.57 Å². The summed E-state index contributed by atoms with van der Waals surface area (Å²) in [7, 11) is 0. The Bertz CT molecular complexity index is 1020. The van der Waals surface area contributed by atoms with Crippen molar-refractivity contribution in [2.75, 3.05) is 10.6 Å². The van der Waals surface area contributed by atoms with E-state index >= 15 is 0 Å². The number of rotatable bonds is 4. The van der Waals surface area contributed by atoms with Crippen LogP contribution in [0.3, 0.4) is 0 Å². The number of carbonyl (C=O) groups excluding carboxylic acids is 2. The van der Waals surface area contributed by atoms with E-state index in [1.54, 1.807) is 30.3 Å². The SMILES string of the molecule is CC(C)(C)c1ccc(C(=O)Nc2ccc(NC(=O)c3cccc(I)c3)cc2)cc1. The van der Waals surface area contributed by atoms with Crippen molar-refractivity contribution in [1.29, 1.82) is 0 Å². The van der Waals surface area contributed by atoms with Crippen molar-refractivity contribution in [3.63, 3.8) is 0 Å². The van der Waals surface area contributed by atoms with Crippen molar-refractivity contribution in [3.8, 4) is 0 Å². The molecule has 0 saturated carbocycles. The van der Waals surface area contributed by atoms with Gasteiger partial charge in [-0.2, -0.15) is 0 Å². The molecule has 0 fully saturated rings. The highest BCUT2D eigenvalue weighted by atomic mass is 127. The molecule has 0 aliphatic rings. The molecular weight excluding hydrogens is 475 g/mol.